The number of aliphatic carboxylic acids is 4. The number of benzene rings is 1. The van der Waals surface area contributed by atoms with Crippen LogP contribution in [0.25, 0.3) is 0 Å². The number of nitrogens with zero attached hydrogens (tertiary/aromatic N) is 3. The molecule has 14 atom stereocenters. The molecule has 0 aromatic heterocycles. The van der Waals surface area contributed by atoms with Crippen molar-refractivity contribution in [3.05, 3.63) is 29.8 Å². The van der Waals surface area contributed by atoms with E-state index in [0.717, 1.165) is 28.0 Å². The maximum Gasteiger partial charge on any atom is 0.326 e. The van der Waals surface area contributed by atoms with Crippen LogP contribution in [0.2, 0.25) is 0 Å². The van der Waals surface area contributed by atoms with Crippen LogP contribution in [0.4, 0.5) is 0 Å². The third-order valence-corrected chi connectivity index (χ3v) is 18.2. The summed E-state index contributed by atoms with van der Waals surface area (Å²) in [6, 6.07) is -14.3. The van der Waals surface area contributed by atoms with Crippen LogP contribution >= 0.6 is 0 Å². The standard InChI is InChI=1S/C65H94N16O25/c1-5-31(2)52(61(101)74-37(18-19-49(87)88)55(95)70-32(3)53(93)68-28-48(86)73-41(25-46(66)84)63(103)81-23-9-13-45(81)65(105)106)78-58(98)38(24-34-14-16-35(83)17-15-34)75-60(100)44-12-8-22-80(44)64(104)42(30-82)77-57(97)40(27-51(91)92)76-59(99)43-11-7-21-79(43)62(102)33(4)71-56(96)39(26-50(89)90)72-47(85)29-69-54(94)36-10-6-20-67-36/h14-17,31-33,36-45,52,67,82-83H,5-13,18-30H2,1-4H3,(H2,66,84)(H,68,93)(H,69,94)(H,70,95)(H,71,96)(H,72,85)(H,73,86)(H,74,101)(H,75,100)(H,76,99)(H,77,97)(H,78,98)(H,87,88)(H,89,90)(H,91,92)(H,105,106)/t31-,32-,33-,36-,37-,38-,39-,40-,41-,42-,43-,44-,45-,52-/m0/s1. The van der Waals surface area contributed by atoms with Gasteiger partial charge < -0.3 is 115 Å². The molecule has 4 fully saturated rings. The van der Waals surface area contributed by atoms with Gasteiger partial charge in [0.25, 0.3) is 0 Å². The molecule has 584 valence electrons. The smallest absolute Gasteiger partial charge is 0.326 e. The first kappa shape index (κ1) is 85.5. The Balaban J connectivity index is 1.24. The first-order valence-corrected chi connectivity index (χ1v) is 34.5. The number of aromatic hydroxyl groups is 1. The summed E-state index contributed by atoms with van der Waals surface area (Å²) in [6.45, 7) is 3.25. The van der Waals surface area contributed by atoms with Gasteiger partial charge in [0.2, 0.25) is 88.6 Å². The van der Waals surface area contributed by atoms with Gasteiger partial charge in [0.1, 0.15) is 78.3 Å². The van der Waals surface area contributed by atoms with Crippen molar-refractivity contribution < 1.29 is 122 Å². The molecule has 41 heteroatoms. The second-order valence-electron chi connectivity index (χ2n) is 26.2. The highest BCUT2D eigenvalue weighted by Crippen LogP contribution is 2.23. The SMILES string of the molecule is CC[C@H](C)[C@H](NC(=O)[C@H](Cc1ccc(O)cc1)NC(=O)[C@@H]1CCCN1C(=O)[C@H](CO)NC(=O)[C@H](CC(=O)O)NC(=O)[C@@H]1CCCN1C(=O)[C@H](C)NC(=O)[C@H](CC(=O)O)NC(=O)CNC(=O)[C@@H]1CCCN1)C(=O)N[C@@H](CCC(=O)O)C(=O)N[C@@H](C)C(=O)NCC(=O)N[C@@H](CC(N)=O)C(=O)N1CCC[C@H]1C(=O)O. The fourth-order valence-electron chi connectivity index (χ4n) is 12.3. The van der Waals surface area contributed by atoms with Crippen molar-refractivity contribution in [3.8, 4) is 5.75 Å². The number of carboxylic acids is 4. The quantitative estimate of drug-likeness (QED) is 0.0290. The van der Waals surface area contributed by atoms with E-state index in [9.17, 15) is 122 Å². The lowest BCUT2D eigenvalue weighted by Crippen LogP contribution is -2.61. The van der Waals surface area contributed by atoms with E-state index >= 15 is 0 Å². The van der Waals surface area contributed by atoms with Crippen LogP contribution in [0.15, 0.2) is 24.3 Å². The van der Waals surface area contributed by atoms with Gasteiger partial charge in [0.05, 0.1) is 45.0 Å². The zero-order valence-electron chi connectivity index (χ0n) is 58.8. The Hall–Kier alpha value is -11.1. The lowest BCUT2D eigenvalue weighted by atomic mass is 9.96. The van der Waals surface area contributed by atoms with Crippen LogP contribution in [0.3, 0.4) is 0 Å². The average molecular weight is 1500 g/mol. The van der Waals surface area contributed by atoms with E-state index in [1.54, 1.807) is 6.92 Å². The van der Waals surface area contributed by atoms with Crippen LogP contribution in [0.1, 0.15) is 123 Å². The van der Waals surface area contributed by atoms with E-state index in [0.29, 0.717) is 24.9 Å². The molecule has 1 aromatic rings. The van der Waals surface area contributed by atoms with Crippen molar-refractivity contribution >= 4 is 112 Å². The summed E-state index contributed by atoms with van der Waals surface area (Å²) in [5.41, 5.74) is 5.63. The van der Waals surface area contributed by atoms with Gasteiger partial charge in [-0.05, 0) is 102 Å². The molecule has 106 heavy (non-hydrogen) atoms. The molecule has 4 saturated heterocycles. The van der Waals surface area contributed by atoms with E-state index in [4.69, 9.17) is 5.73 Å². The van der Waals surface area contributed by atoms with Crippen molar-refractivity contribution in [2.24, 2.45) is 11.7 Å². The predicted octanol–water partition coefficient (Wildman–Crippen LogP) is -7.89. The van der Waals surface area contributed by atoms with Crippen LogP contribution in [-0.2, 0) is 97.5 Å². The number of carboxylic acid groups (broad SMARTS) is 4. The highest BCUT2D eigenvalue weighted by molar-refractivity contribution is 6.01. The third-order valence-electron chi connectivity index (χ3n) is 18.2. The number of rotatable bonds is 40. The van der Waals surface area contributed by atoms with E-state index in [1.807, 2.05) is 0 Å². The molecule has 41 nitrogen and oxygen atoms in total. The van der Waals surface area contributed by atoms with Gasteiger partial charge in [0, 0.05) is 32.5 Å². The first-order valence-electron chi connectivity index (χ1n) is 34.5. The molecule has 0 bridgehead atoms. The van der Waals surface area contributed by atoms with Crippen LogP contribution in [0, 0.1) is 5.92 Å². The van der Waals surface area contributed by atoms with Gasteiger partial charge in [-0.1, -0.05) is 32.4 Å². The van der Waals surface area contributed by atoms with Crippen LogP contribution in [-0.4, -0.2) is 282 Å². The molecule has 15 amide bonds. The topological polar surface area (TPSA) is 626 Å². The zero-order valence-corrected chi connectivity index (χ0v) is 58.8. The number of aliphatic hydroxyl groups is 1. The number of nitrogens with two attached hydrogens (primary N) is 1. The van der Waals surface area contributed by atoms with E-state index in [2.05, 4.69) is 63.8 Å². The Morgan fingerprint density at radius 3 is 1.50 bits per heavy atom. The molecule has 4 heterocycles. The summed E-state index contributed by atoms with van der Waals surface area (Å²) in [7, 11) is 0. The number of aliphatic hydroxyl groups excluding tert-OH is 1. The minimum atomic E-state index is -1.98. The molecule has 0 spiro atoms. The van der Waals surface area contributed by atoms with E-state index < -0.39 is 249 Å². The van der Waals surface area contributed by atoms with Crippen molar-refractivity contribution in [1.82, 2.24) is 78.5 Å². The average Bonchev–Trinajstić information content (AvgIpc) is 1.61. The summed E-state index contributed by atoms with van der Waals surface area (Å²) in [6.07, 6.45) is -2.35. The lowest BCUT2D eigenvalue weighted by Gasteiger charge is -2.31. The number of phenolic OH excluding ortho intramolecular Hbond substituents is 1. The van der Waals surface area contributed by atoms with Crippen LogP contribution in [0.5, 0.6) is 5.75 Å². The van der Waals surface area contributed by atoms with Crippen molar-refractivity contribution in [2.45, 2.75) is 203 Å². The number of nitrogens with one attached hydrogen (secondary N) is 12. The molecule has 0 unspecified atom stereocenters. The summed E-state index contributed by atoms with van der Waals surface area (Å²) in [5.74, 6) is -21.8. The number of carbonyl (C=O) groups excluding carboxylic acids is 15. The number of phenols is 1. The Bertz CT molecular complexity index is 3460. The Labute approximate surface area is 606 Å². The number of primary amides is 1. The molecular formula is C65H94N16O25. The molecule has 4 aliphatic heterocycles. The number of hydrogen-bond donors (Lipinski definition) is 19. The van der Waals surface area contributed by atoms with Gasteiger partial charge in [-0.25, -0.2) is 4.79 Å². The summed E-state index contributed by atoms with van der Waals surface area (Å²) in [5, 5.41) is 87.9. The monoisotopic (exact) mass is 1500 g/mol. The Morgan fingerprint density at radius 1 is 0.491 bits per heavy atom. The highest BCUT2D eigenvalue weighted by Gasteiger charge is 2.44. The maximum absolute atomic E-state index is 14.6. The number of hydrogen-bond acceptors (Lipinski definition) is 22. The van der Waals surface area contributed by atoms with Gasteiger partial charge in [-0.2, -0.15) is 0 Å². The highest BCUT2D eigenvalue weighted by atomic mass is 16.4. The van der Waals surface area contributed by atoms with E-state index in [1.165, 1.54) is 38.1 Å². The van der Waals surface area contributed by atoms with Gasteiger partial charge >= 0.3 is 23.9 Å². The minimum absolute atomic E-state index is 0.0144. The second-order valence-corrected chi connectivity index (χ2v) is 26.2. The summed E-state index contributed by atoms with van der Waals surface area (Å²) in [4.78, 5) is 253. The van der Waals surface area contributed by atoms with E-state index in [-0.39, 0.29) is 70.3 Å². The molecule has 0 aliphatic carbocycles. The van der Waals surface area contributed by atoms with Gasteiger partial charge in [0.15, 0.2) is 0 Å². The number of likely N-dealkylation sites (tertiary alicyclic amines) is 3. The summed E-state index contributed by atoms with van der Waals surface area (Å²) < 4.78 is 0. The molecule has 1 aromatic carbocycles. The normalized spacial score (nSPS) is 19.6. The van der Waals surface area contributed by atoms with Crippen LogP contribution < -0.4 is 69.5 Å². The molecule has 0 radical (unpaired) electrons. The molecule has 4 aliphatic rings. The number of amides is 15. The molecular weight excluding hydrogens is 1400 g/mol. The Morgan fingerprint density at radius 2 is 0.972 bits per heavy atom. The molecule has 0 saturated carbocycles. The van der Waals surface area contributed by atoms with Crippen molar-refractivity contribution in [1.29, 1.82) is 0 Å². The molecule has 5 rings (SSSR count). The fourth-order valence-corrected chi connectivity index (χ4v) is 12.3. The largest absolute Gasteiger partial charge is 0.508 e. The number of carbonyl (C=O) groups is 19. The first-order chi connectivity index (χ1) is 50.0. The third kappa shape index (κ3) is 25.6. The lowest BCUT2D eigenvalue weighted by molar-refractivity contribution is -0.149. The zero-order chi connectivity index (χ0) is 78.8. The Kier molecular flexibility index (Phi) is 32.9. The van der Waals surface area contributed by atoms with Crippen molar-refractivity contribution in [3.63, 3.8) is 0 Å². The summed E-state index contributed by atoms with van der Waals surface area (Å²) >= 11 is 0. The second kappa shape index (κ2) is 40.8. The predicted molar refractivity (Wildman–Crippen MR) is 361 cm³/mol. The van der Waals surface area contributed by atoms with Gasteiger partial charge in [-0.3, -0.25) is 86.3 Å². The van der Waals surface area contributed by atoms with Crippen molar-refractivity contribution in [2.75, 3.05) is 45.9 Å². The maximum atomic E-state index is 14.6. The molecule has 20 N–H and O–H groups in total. The minimum Gasteiger partial charge on any atom is -0.508 e. The van der Waals surface area contributed by atoms with Gasteiger partial charge in [-0.15, -0.1) is 0 Å². The fraction of sp³-hybridized carbons (Fsp3) is 0.615.